The minimum Gasteiger partial charge on any atom is -0.321 e. The number of benzene rings is 1. The van der Waals surface area contributed by atoms with E-state index in [1.54, 1.807) is 6.07 Å². The van der Waals surface area contributed by atoms with Crippen LogP contribution in [0.3, 0.4) is 0 Å². The normalized spacial score (nSPS) is 21.7. The maximum Gasteiger partial charge on any atom is 0.256 e. The summed E-state index contributed by atoms with van der Waals surface area (Å²) in [5.74, 6) is -0.202. The van der Waals surface area contributed by atoms with Crippen LogP contribution in [-0.2, 0) is 14.8 Å². The van der Waals surface area contributed by atoms with Crippen LogP contribution < -0.4 is 10.5 Å². The summed E-state index contributed by atoms with van der Waals surface area (Å²) in [4.78, 5) is 12.4. The van der Waals surface area contributed by atoms with Gasteiger partial charge in [0.25, 0.3) is 5.91 Å². The van der Waals surface area contributed by atoms with Crippen molar-refractivity contribution < 1.29 is 13.2 Å². The Bertz CT molecular complexity index is 997. The van der Waals surface area contributed by atoms with Gasteiger partial charge in [-0.25, -0.2) is 13.6 Å². The SMILES string of the molecule is CC1=C(C=C2C(=O)Nc3ccc(S(N)(=O)=O)cc32)CC2=C1CCCC2. The summed E-state index contributed by atoms with van der Waals surface area (Å²) in [7, 11) is -3.81. The van der Waals surface area contributed by atoms with E-state index < -0.39 is 10.0 Å². The molecule has 5 nitrogen and oxygen atoms in total. The van der Waals surface area contributed by atoms with Crippen molar-refractivity contribution in [1.82, 2.24) is 0 Å². The van der Waals surface area contributed by atoms with Gasteiger partial charge >= 0.3 is 0 Å². The van der Waals surface area contributed by atoms with Crippen molar-refractivity contribution >= 4 is 27.2 Å². The summed E-state index contributed by atoms with van der Waals surface area (Å²) < 4.78 is 23.3. The quantitative estimate of drug-likeness (QED) is 0.797. The van der Waals surface area contributed by atoms with Gasteiger partial charge < -0.3 is 5.32 Å². The minimum atomic E-state index is -3.81. The number of carbonyl (C=O) groups excluding carboxylic acids is 1. The fourth-order valence-electron chi connectivity index (χ4n) is 3.99. The first-order chi connectivity index (χ1) is 11.8. The van der Waals surface area contributed by atoms with Crippen molar-refractivity contribution in [2.45, 2.75) is 43.9 Å². The van der Waals surface area contributed by atoms with Crippen LogP contribution in [0, 0.1) is 0 Å². The molecular formula is C19H20N2O3S. The molecule has 3 N–H and O–H groups in total. The average molecular weight is 356 g/mol. The molecule has 1 aromatic carbocycles. The Labute approximate surface area is 147 Å². The maximum atomic E-state index is 12.4. The van der Waals surface area contributed by atoms with E-state index in [0.717, 1.165) is 24.8 Å². The first kappa shape index (κ1) is 16.3. The summed E-state index contributed by atoms with van der Waals surface area (Å²) in [6, 6.07) is 4.48. The highest BCUT2D eigenvalue weighted by atomic mass is 32.2. The van der Waals surface area contributed by atoms with Gasteiger partial charge in [-0.2, -0.15) is 0 Å². The van der Waals surface area contributed by atoms with Crippen molar-refractivity contribution in [2.75, 3.05) is 5.32 Å². The molecule has 0 saturated heterocycles. The molecule has 0 atom stereocenters. The van der Waals surface area contributed by atoms with E-state index in [2.05, 4.69) is 12.2 Å². The number of carbonyl (C=O) groups is 1. The van der Waals surface area contributed by atoms with E-state index in [1.165, 1.54) is 41.7 Å². The van der Waals surface area contributed by atoms with Crippen LogP contribution in [0.5, 0.6) is 0 Å². The van der Waals surface area contributed by atoms with Gasteiger partial charge in [-0.05, 0) is 80.0 Å². The molecule has 1 aromatic rings. The first-order valence-electron chi connectivity index (χ1n) is 8.46. The topological polar surface area (TPSA) is 89.3 Å². The third-order valence-electron chi connectivity index (χ3n) is 5.34. The molecule has 3 aliphatic rings. The summed E-state index contributed by atoms with van der Waals surface area (Å²) in [6.45, 7) is 2.12. The lowest BCUT2D eigenvalue weighted by Gasteiger charge is -2.14. The van der Waals surface area contributed by atoms with Gasteiger partial charge in [-0.15, -0.1) is 0 Å². The number of nitrogens with two attached hydrogens (primary N) is 1. The number of allylic oxidation sites excluding steroid dienone is 5. The molecule has 1 amide bonds. The average Bonchev–Trinajstić information content (AvgIpc) is 3.05. The largest absolute Gasteiger partial charge is 0.321 e. The van der Waals surface area contributed by atoms with E-state index in [0.29, 0.717) is 16.8 Å². The van der Waals surface area contributed by atoms with Gasteiger partial charge in [0.15, 0.2) is 0 Å². The predicted molar refractivity (Wildman–Crippen MR) is 97.2 cm³/mol. The second kappa shape index (κ2) is 5.68. The van der Waals surface area contributed by atoms with Gasteiger partial charge in [-0.3, -0.25) is 4.79 Å². The Balaban J connectivity index is 1.77. The monoisotopic (exact) mass is 356 g/mol. The van der Waals surface area contributed by atoms with E-state index >= 15 is 0 Å². The highest BCUT2D eigenvalue weighted by molar-refractivity contribution is 7.89. The fraction of sp³-hybridized carbons (Fsp3) is 0.316. The van der Waals surface area contributed by atoms with Crippen LogP contribution >= 0.6 is 0 Å². The van der Waals surface area contributed by atoms with Gasteiger partial charge in [0.2, 0.25) is 10.0 Å². The van der Waals surface area contributed by atoms with Crippen LogP contribution in [0.25, 0.3) is 5.57 Å². The summed E-state index contributed by atoms with van der Waals surface area (Å²) >= 11 is 0. The van der Waals surface area contributed by atoms with Crippen molar-refractivity contribution in [3.63, 3.8) is 0 Å². The second-order valence-corrected chi connectivity index (χ2v) is 8.44. The number of nitrogens with one attached hydrogen (secondary N) is 1. The molecule has 6 heteroatoms. The Hall–Kier alpha value is -2.18. The highest BCUT2D eigenvalue weighted by Gasteiger charge is 2.28. The van der Waals surface area contributed by atoms with E-state index in [1.807, 2.05) is 6.08 Å². The molecule has 0 saturated carbocycles. The number of primary sulfonamides is 1. The lowest BCUT2D eigenvalue weighted by molar-refractivity contribution is -0.110. The van der Waals surface area contributed by atoms with Gasteiger partial charge in [0.05, 0.1) is 4.90 Å². The van der Waals surface area contributed by atoms with Crippen LogP contribution in [0.1, 0.15) is 44.6 Å². The summed E-state index contributed by atoms with van der Waals surface area (Å²) in [5, 5.41) is 8.03. The Morgan fingerprint density at radius 3 is 2.68 bits per heavy atom. The molecule has 0 spiro atoms. The van der Waals surface area contributed by atoms with E-state index in [4.69, 9.17) is 5.14 Å². The zero-order valence-corrected chi connectivity index (χ0v) is 14.9. The third-order valence-corrected chi connectivity index (χ3v) is 6.25. The lowest BCUT2D eigenvalue weighted by Crippen LogP contribution is -2.12. The molecule has 130 valence electrons. The lowest BCUT2D eigenvalue weighted by atomic mass is 9.91. The van der Waals surface area contributed by atoms with Crippen LogP contribution in [0.15, 0.2) is 51.5 Å². The van der Waals surface area contributed by atoms with Gasteiger partial charge in [0.1, 0.15) is 0 Å². The molecule has 0 radical (unpaired) electrons. The maximum absolute atomic E-state index is 12.4. The van der Waals surface area contributed by atoms with E-state index in [9.17, 15) is 13.2 Å². The van der Waals surface area contributed by atoms with E-state index in [-0.39, 0.29) is 10.8 Å². The number of hydrogen-bond acceptors (Lipinski definition) is 3. The fourth-order valence-corrected chi connectivity index (χ4v) is 4.53. The number of rotatable bonds is 2. The number of sulfonamides is 1. The zero-order valence-electron chi connectivity index (χ0n) is 14.1. The number of anilines is 1. The third kappa shape index (κ3) is 2.75. The molecule has 1 aliphatic heterocycles. The molecule has 4 rings (SSSR count). The number of hydrogen-bond donors (Lipinski definition) is 2. The van der Waals surface area contributed by atoms with Crippen molar-refractivity contribution in [1.29, 1.82) is 0 Å². The molecular weight excluding hydrogens is 336 g/mol. The van der Waals surface area contributed by atoms with Gasteiger partial charge in [-0.1, -0.05) is 5.57 Å². The molecule has 0 aromatic heterocycles. The summed E-state index contributed by atoms with van der Waals surface area (Å²) in [5.41, 5.74) is 7.11. The number of fused-ring (bicyclic) bond motifs is 1. The predicted octanol–water partition coefficient (Wildman–Crippen LogP) is 3.26. The molecule has 25 heavy (non-hydrogen) atoms. The minimum absolute atomic E-state index is 0.0168. The van der Waals surface area contributed by atoms with Crippen LogP contribution in [-0.4, -0.2) is 14.3 Å². The smallest absolute Gasteiger partial charge is 0.256 e. The standard InChI is InChI=1S/C19H20N2O3S/c1-11-13(8-12-4-2-3-5-15(11)12)9-17-16-10-14(25(20,23)24)6-7-18(16)21-19(17)22/h6-7,9-10H,2-5,8H2,1H3,(H,21,22)(H2,20,23,24). The second-order valence-electron chi connectivity index (χ2n) is 6.88. The Morgan fingerprint density at radius 1 is 1.20 bits per heavy atom. The number of amides is 1. The van der Waals surface area contributed by atoms with Gasteiger partial charge in [0, 0.05) is 16.8 Å². The van der Waals surface area contributed by atoms with Crippen molar-refractivity contribution in [2.24, 2.45) is 5.14 Å². The zero-order chi connectivity index (χ0) is 17.8. The first-order valence-corrected chi connectivity index (χ1v) is 10.0. The van der Waals surface area contributed by atoms with Crippen molar-refractivity contribution in [3.05, 3.63) is 52.1 Å². The molecule has 2 aliphatic carbocycles. The molecule has 0 fully saturated rings. The molecule has 0 bridgehead atoms. The molecule has 0 unspecified atom stereocenters. The Morgan fingerprint density at radius 2 is 1.96 bits per heavy atom. The van der Waals surface area contributed by atoms with Crippen molar-refractivity contribution in [3.8, 4) is 0 Å². The summed E-state index contributed by atoms with van der Waals surface area (Å²) in [6.07, 6.45) is 7.52. The van der Waals surface area contributed by atoms with Crippen LogP contribution in [0.2, 0.25) is 0 Å². The molecule has 1 heterocycles. The Kier molecular flexibility index (Phi) is 3.70. The highest BCUT2D eigenvalue weighted by Crippen LogP contribution is 2.43. The van der Waals surface area contributed by atoms with Crippen LogP contribution in [0.4, 0.5) is 5.69 Å².